The van der Waals surface area contributed by atoms with E-state index in [0.717, 1.165) is 0 Å². The SMILES string of the molecule is OO.[Ni].[Zn]. The minimum atomic E-state index is 0. The summed E-state index contributed by atoms with van der Waals surface area (Å²) >= 11 is 0. The minimum Gasteiger partial charge on any atom is -0.255 e. The molecule has 4 heavy (non-hydrogen) atoms. The molecule has 0 radical (unpaired) electrons. The van der Waals surface area contributed by atoms with Crippen molar-refractivity contribution in [3.05, 3.63) is 0 Å². The molecule has 26 valence electrons. The maximum atomic E-state index is 6.00. The second kappa shape index (κ2) is 34.6. The van der Waals surface area contributed by atoms with Crippen molar-refractivity contribution in [3.63, 3.8) is 0 Å². The maximum Gasteiger partial charge on any atom is 0 e. The summed E-state index contributed by atoms with van der Waals surface area (Å²) in [5, 5.41) is 12.0. The first-order chi connectivity index (χ1) is 1.00. The zero-order chi connectivity index (χ0) is 2.00. The van der Waals surface area contributed by atoms with E-state index in [1.54, 1.807) is 0 Å². The van der Waals surface area contributed by atoms with E-state index in [2.05, 4.69) is 0 Å². The van der Waals surface area contributed by atoms with Crippen LogP contribution in [0.1, 0.15) is 0 Å². The normalized spacial score (nSPS) is 1.50. The van der Waals surface area contributed by atoms with E-state index in [1.165, 1.54) is 0 Å². The Bertz CT molecular complexity index is 6.00. The molecule has 0 heterocycles. The second-order valence-corrected chi connectivity index (χ2v) is 0. The molecule has 0 spiro atoms. The Labute approximate surface area is 46.8 Å². The van der Waals surface area contributed by atoms with Crippen LogP contribution in [0.25, 0.3) is 0 Å². The summed E-state index contributed by atoms with van der Waals surface area (Å²) in [7, 11) is 0. The molecule has 0 fully saturated rings. The Morgan fingerprint density at radius 1 is 1.00 bits per heavy atom. The standard InChI is InChI=1S/Ni.H2O2.Zn/c;1-2;/h;1-2H;. The Morgan fingerprint density at radius 3 is 1.00 bits per heavy atom. The van der Waals surface area contributed by atoms with Crippen LogP contribution in [0.5, 0.6) is 0 Å². The maximum absolute atomic E-state index is 6.00. The van der Waals surface area contributed by atoms with Crippen LogP contribution in [0.3, 0.4) is 0 Å². The molecule has 0 rings (SSSR count). The fraction of sp³-hybridized carbons (Fsp3) is 0. The number of hydrogen-bond acceptors (Lipinski definition) is 2. The van der Waals surface area contributed by atoms with Crippen LogP contribution in [-0.2, 0) is 36.0 Å². The number of hydrogen-bond donors (Lipinski definition) is 2. The summed E-state index contributed by atoms with van der Waals surface area (Å²) in [6.45, 7) is 0. The molecule has 0 saturated heterocycles. The van der Waals surface area contributed by atoms with Crippen molar-refractivity contribution >= 4 is 0 Å². The van der Waals surface area contributed by atoms with E-state index >= 15 is 0 Å². The molecule has 0 unspecified atom stereocenters. The van der Waals surface area contributed by atoms with Gasteiger partial charge in [0, 0.05) is 36.0 Å². The van der Waals surface area contributed by atoms with E-state index in [4.69, 9.17) is 10.5 Å². The van der Waals surface area contributed by atoms with Gasteiger partial charge in [0.05, 0.1) is 0 Å². The molecule has 0 aromatic carbocycles. The molecule has 0 aromatic heterocycles. The van der Waals surface area contributed by atoms with Gasteiger partial charge in [0.25, 0.3) is 0 Å². The third-order valence-electron chi connectivity index (χ3n) is 0. The molecule has 0 bridgehead atoms. The summed E-state index contributed by atoms with van der Waals surface area (Å²) in [4.78, 5) is 0. The molecule has 0 atom stereocenters. The van der Waals surface area contributed by atoms with E-state index in [-0.39, 0.29) is 36.0 Å². The van der Waals surface area contributed by atoms with Crippen LogP contribution in [0, 0.1) is 0 Å². The Kier molecular flexibility index (Phi) is 171. The predicted molar refractivity (Wildman–Crippen MR) is 5.26 cm³/mol. The molecule has 0 aliphatic rings. The zero-order valence-electron chi connectivity index (χ0n) is 1.92. The zero-order valence-corrected chi connectivity index (χ0v) is 5.87. The predicted octanol–water partition coefficient (Wildman–Crippen LogP) is 0.0124. The van der Waals surface area contributed by atoms with Gasteiger partial charge in [-0.05, 0) is 0 Å². The summed E-state index contributed by atoms with van der Waals surface area (Å²) in [5.41, 5.74) is 0. The third-order valence-corrected chi connectivity index (χ3v) is 0. The van der Waals surface area contributed by atoms with Crippen molar-refractivity contribution in [2.75, 3.05) is 0 Å². The molecule has 2 nitrogen and oxygen atoms in total. The van der Waals surface area contributed by atoms with E-state index in [1.807, 2.05) is 0 Å². The quantitative estimate of drug-likeness (QED) is 0.296. The largest absolute Gasteiger partial charge is 0.255 e. The Balaban J connectivity index is -0.00000000500. The van der Waals surface area contributed by atoms with E-state index in [0.29, 0.717) is 0 Å². The van der Waals surface area contributed by atoms with Gasteiger partial charge in [-0.1, -0.05) is 0 Å². The minimum absolute atomic E-state index is 0. The molecule has 0 aliphatic heterocycles. The Morgan fingerprint density at radius 2 is 1.00 bits per heavy atom. The molecule has 0 aromatic rings. The van der Waals surface area contributed by atoms with Gasteiger partial charge >= 0.3 is 0 Å². The van der Waals surface area contributed by atoms with Crippen LogP contribution in [0.15, 0.2) is 0 Å². The van der Waals surface area contributed by atoms with E-state index < -0.39 is 0 Å². The van der Waals surface area contributed by atoms with Gasteiger partial charge in [-0.25, -0.2) is 0 Å². The molecule has 0 aliphatic carbocycles. The van der Waals surface area contributed by atoms with Crippen molar-refractivity contribution in [2.24, 2.45) is 0 Å². The first-order valence-corrected chi connectivity index (χ1v) is 0.200. The third kappa shape index (κ3) is 11.7. The van der Waals surface area contributed by atoms with Crippen LogP contribution in [0.4, 0.5) is 0 Å². The molecular formula is H2NiO2Zn. The van der Waals surface area contributed by atoms with Gasteiger partial charge < -0.3 is 0 Å². The molecule has 0 amide bonds. The van der Waals surface area contributed by atoms with Crippen LogP contribution < -0.4 is 0 Å². The molecular weight excluding hydrogens is 156 g/mol. The monoisotopic (exact) mass is 156 g/mol. The van der Waals surface area contributed by atoms with Gasteiger partial charge in [-0.2, -0.15) is 0 Å². The van der Waals surface area contributed by atoms with Gasteiger partial charge in [0.1, 0.15) is 0 Å². The van der Waals surface area contributed by atoms with Crippen LogP contribution >= 0.6 is 0 Å². The van der Waals surface area contributed by atoms with Gasteiger partial charge in [-0.15, -0.1) is 0 Å². The average molecular weight is 158 g/mol. The first kappa shape index (κ1) is 19.8. The van der Waals surface area contributed by atoms with Crippen molar-refractivity contribution in [1.82, 2.24) is 0 Å². The van der Waals surface area contributed by atoms with Gasteiger partial charge in [-0.3, -0.25) is 10.5 Å². The molecule has 4 heteroatoms. The summed E-state index contributed by atoms with van der Waals surface area (Å²) in [6.07, 6.45) is 0. The van der Waals surface area contributed by atoms with Gasteiger partial charge in [0.15, 0.2) is 0 Å². The topological polar surface area (TPSA) is 40.5 Å². The van der Waals surface area contributed by atoms with Crippen molar-refractivity contribution < 1.29 is 46.5 Å². The van der Waals surface area contributed by atoms with E-state index in [9.17, 15) is 0 Å². The van der Waals surface area contributed by atoms with Gasteiger partial charge in [0.2, 0.25) is 0 Å². The average Bonchev–Trinajstić information content (AvgIpc) is 1.00. The fourth-order valence-electron chi connectivity index (χ4n) is 0. The summed E-state index contributed by atoms with van der Waals surface area (Å²) in [6, 6.07) is 0. The van der Waals surface area contributed by atoms with Crippen molar-refractivity contribution in [2.45, 2.75) is 0 Å². The van der Waals surface area contributed by atoms with Crippen LogP contribution in [0.2, 0.25) is 0 Å². The summed E-state index contributed by atoms with van der Waals surface area (Å²) in [5.74, 6) is 0. The summed E-state index contributed by atoms with van der Waals surface area (Å²) < 4.78 is 0. The Hall–Kier alpha value is 1.04. The second-order valence-electron chi connectivity index (χ2n) is 0. The first-order valence-electron chi connectivity index (χ1n) is 0.200. The molecule has 0 saturated carbocycles. The van der Waals surface area contributed by atoms with Crippen molar-refractivity contribution in [3.8, 4) is 0 Å². The fourth-order valence-corrected chi connectivity index (χ4v) is 0. The van der Waals surface area contributed by atoms with Crippen LogP contribution in [-0.4, -0.2) is 10.5 Å². The molecule has 2 N–H and O–H groups in total. The number of rotatable bonds is 0. The van der Waals surface area contributed by atoms with Crippen molar-refractivity contribution in [1.29, 1.82) is 0 Å². The smallest absolute Gasteiger partial charge is 0 e.